The van der Waals surface area contributed by atoms with E-state index >= 15 is 4.39 Å². The van der Waals surface area contributed by atoms with Gasteiger partial charge in [-0.15, -0.1) is 0 Å². The minimum absolute atomic E-state index is 0.0695. The van der Waals surface area contributed by atoms with Crippen molar-refractivity contribution in [2.45, 2.75) is 61.8 Å². The van der Waals surface area contributed by atoms with Crippen molar-refractivity contribution in [1.29, 1.82) is 0 Å². The number of carboxylic acids is 1. The van der Waals surface area contributed by atoms with Gasteiger partial charge in [-0.25, -0.2) is 32.6 Å². The Morgan fingerprint density at radius 3 is 2.64 bits per heavy atom. The second-order valence-corrected chi connectivity index (χ2v) is 14.8. The second-order valence-electron chi connectivity index (χ2n) is 11.6. The van der Waals surface area contributed by atoms with Crippen LogP contribution in [0.5, 0.6) is 5.88 Å². The van der Waals surface area contributed by atoms with Gasteiger partial charge < -0.3 is 19.2 Å². The van der Waals surface area contributed by atoms with Gasteiger partial charge in [0.2, 0.25) is 11.7 Å². The molecule has 2 fully saturated rings. The number of pyridine rings is 1. The maximum Gasteiger partial charge on any atom is 0.451 e. The molecule has 0 unspecified atom stereocenters. The van der Waals surface area contributed by atoms with Crippen molar-refractivity contribution in [3.63, 3.8) is 0 Å². The maximum absolute atomic E-state index is 16.6. The zero-order valence-corrected chi connectivity index (χ0v) is 24.8. The molecule has 5 heterocycles. The van der Waals surface area contributed by atoms with Gasteiger partial charge in [-0.2, -0.15) is 13.2 Å². The van der Waals surface area contributed by atoms with Crippen molar-refractivity contribution in [2.24, 2.45) is 0 Å². The lowest BCUT2D eigenvalue weighted by Crippen LogP contribution is -2.47. The van der Waals surface area contributed by atoms with E-state index in [9.17, 15) is 31.5 Å². The van der Waals surface area contributed by atoms with Crippen molar-refractivity contribution >= 4 is 55.3 Å². The van der Waals surface area contributed by atoms with Crippen LogP contribution in [-0.2, 0) is 26.5 Å². The molecule has 1 aromatic carbocycles. The number of carbonyl (C=O) groups is 1. The van der Waals surface area contributed by atoms with Crippen molar-refractivity contribution in [3.05, 3.63) is 52.9 Å². The molecule has 0 amide bonds. The van der Waals surface area contributed by atoms with Crippen LogP contribution in [0.25, 0.3) is 22.1 Å². The van der Waals surface area contributed by atoms with Gasteiger partial charge in [-0.05, 0) is 38.5 Å². The Bertz CT molecular complexity index is 1920. The molecular formula is C28H25ClF4N4O6S. The molecule has 10 nitrogen and oxygen atoms in total. The van der Waals surface area contributed by atoms with Crippen LogP contribution in [0.4, 0.5) is 23.4 Å². The number of halogens is 5. The van der Waals surface area contributed by atoms with E-state index in [4.69, 9.17) is 20.8 Å². The Balaban J connectivity index is 1.39. The van der Waals surface area contributed by atoms with Crippen LogP contribution in [-0.4, -0.2) is 63.6 Å². The summed E-state index contributed by atoms with van der Waals surface area (Å²) >= 11 is 6.14. The molecule has 2 saturated heterocycles. The summed E-state index contributed by atoms with van der Waals surface area (Å²) in [5.74, 6) is -3.88. The van der Waals surface area contributed by atoms with Gasteiger partial charge in [-0.3, -0.25) is 0 Å². The summed E-state index contributed by atoms with van der Waals surface area (Å²) in [6.07, 6.45) is -5.76. The van der Waals surface area contributed by atoms with E-state index in [0.29, 0.717) is 0 Å². The highest BCUT2D eigenvalue weighted by Crippen LogP contribution is 2.49. The Hall–Kier alpha value is -3.72. The van der Waals surface area contributed by atoms with Gasteiger partial charge in [0, 0.05) is 24.4 Å². The number of para-hydroxylation sites is 1. The van der Waals surface area contributed by atoms with E-state index in [-0.39, 0.29) is 63.7 Å². The third-order valence-corrected chi connectivity index (χ3v) is 10.9. The molecule has 234 valence electrons. The number of aliphatic carboxylic acids is 1. The molecule has 2 aliphatic rings. The predicted octanol–water partition coefficient (Wildman–Crippen LogP) is 5.71. The minimum atomic E-state index is -4.95. The molecule has 2 aliphatic heterocycles. The van der Waals surface area contributed by atoms with E-state index < -0.39 is 62.5 Å². The molecule has 3 aromatic heterocycles. The predicted molar refractivity (Wildman–Crippen MR) is 151 cm³/mol. The lowest BCUT2D eigenvalue weighted by Gasteiger charge is -2.39. The summed E-state index contributed by atoms with van der Waals surface area (Å²) in [6, 6.07) is 6.18. The van der Waals surface area contributed by atoms with Gasteiger partial charge in [-0.1, -0.05) is 23.7 Å². The third-order valence-electron chi connectivity index (χ3n) is 8.17. The number of alkyl halides is 4. The quantitative estimate of drug-likeness (QED) is 0.266. The smallest absolute Gasteiger partial charge is 0.451 e. The summed E-state index contributed by atoms with van der Waals surface area (Å²) in [5.41, 5.74) is -2.33. The number of rotatable bonds is 5. The molecule has 16 heteroatoms. The van der Waals surface area contributed by atoms with Crippen LogP contribution in [0.3, 0.4) is 0 Å². The van der Waals surface area contributed by atoms with Gasteiger partial charge in [0.1, 0.15) is 28.9 Å². The summed E-state index contributed by atoms with van der Waals surface area (Å²) in [5, 5.41) is 10.4. The van der Waals surface area contributed by atoms with Crippen LogP contribution < -0.4 is 9.64 Å². The standard InChI is InChI=1S/C28H25ClF4N4O6S/c1-26(2)13-27(30,7-8-44(26,40)41)17-9-14(29)11-34-23(17)42-15-10-18(24(38)39)37(12-15)22-21-20(35-25(36-22)28(31,32)33)16-5-3-4-6-19(16)43-21/h3-6,9,11,15,18H,7-8,10,12-13H2,1-2H3,(H,38,39)/t15-,18-,27-/m0/s1. The van der Waals surface area contributed by atoms with E-state index in [1.165, 1.54) is 38.2 Å². The monoisotopic (exact) mass is 656 g/mol. The molecule has 0 saturated carbocycles. The molecule has 0 spiro atoms. The molecule has 44 heavy (non-hydrogen) atoms. The Morgan fingerprint density at radius 1 is 1.23 bits per heavy atom. The number of hydrogen-bond donors (Lipinski definition) is 1. The first-order valence-electron chi connectivity index (χ1n) is 13.5. The fourth-order valence-corrected chi connectivity index (χ4v) is 7.68. The molecule has 0 radical (unpaired) electrons. The number of carboxylic acid groups (broad SMARTS) is 1. The lowest BCUT2D eigenvalue weighted by molar-refractivity contribution is -0.144. The van der Waals surface area contributed by atoms with Crippen LogP contribution in [0.15, 0.2) is 40.9 Å². The number of furan rings is 1. The number of fused-ring (bicyclic) bond motifs is 3. The number of sulfone groups is 1. The normalized spacial score (nSPS) is 25.0. The van der Waals surface area contributed by atoms with Crippen molar-refractivity contribution in [3.8, 4) is 5.88 Å². The van der Waals surface area contributed by atoms with Crippen molar-refractivity contribution in [2.75, 3.05) is 17.2 Å². The van der Waals surface area contributed by atoms with E-state index in [1.807, 2.05) is 0 Å². The number of ether oxygens (including phenoxy) is 1. The number of nitrogens with zero attached hydrogens (tertiary/aromatic N) is 4. The first-order chi connectivity index (χ1) is 20.5. The Kier molecular flexibility index (Phi) is 7.00. The molecule has 6 rings (SSSR count). The summed E-state index contributed by atoms with van der Waals surface area (Å²) < 4.78 is 93.8. The van der Waals surface area contributed by atoms with Gasteiger partial charge in [0.15, 0.2) is 21.2 Å². The van der Waals surface area contributed by atoms with Gasteiger partial charge >= 0.3 is 12.1 Å². The summed E-state index contributed by atoms with van der Waals surface area (Å²) in [7, 11) is -3.59. The van der Waals surface area contributed by atoms with Crippen molar-refractivity contribution < 1.29 is 45.0 Å². The highest BCUT2D eigenvalue weighted by atomic mass is 35.5. The SMILES string of the molecule is CC1(C)C[C@](F)(c2cc(Cl)cnc2O[C@H]2C[C@@H](C(=O)O)N(c3nc(C(F)(F)F)nc4c3oc3ccccc34)C2)CCS1(=O)=O. The van der Waals surface area contributed by atoms with E-state index in [2.05, 4.69) is 15.0 Å². The van der Waals surface area contributed by atoms with Crippen LogP contribution >= 0.6 is 11.6 Å². The highest BCUT2D eigenvalue weighted by Gasteiger charge is 2.52. The fraction of sp³-hybridized carbons (Fsp3) is 0.429. The minimum Gasteiger partial charge on any atom is -0.480 e. The average Bonchev–Trinajstić information content (AvgIpc) is 3.53. The molecule has 0 aliphatic carbocycles. The summed E-state index contributed by atoms with van der Waals surface area (Å²) in [4.78, 5) is 25.0. The number of benzene rings is 1. The Morgan fingerprint density at radius 2 is 1.95 bits per heavy atom. The zero-order valence-electron chi connectivity index (χ0n) is 23.2. The molecule has 4 aromatic rings. The molecular weight excluding hydrogens is 632 g/mol. The van der Waals surface area contributed by atoms with Crippen LogP contribution in [0.1, 0.15) is 44.5 Å². The number of anilines is 1. The first kappa shape index (κ1) is 30.3. The van der Waals surface area contributed by atoms with Crippen LogP contribution in [0, 0.1) is 0 Å². The third kappa shape index (κ3) is 5.09. The van der Waals surface area contributed by atoms with Gasteiger partial charge in [0.05, 0.1) is 27.6 Å². The second kappa shape index (κ2) is 10.2. The highest BCUT2D eigenvalue weighted by molar-refractivity contribution is 7.92. The Labute approximate surface area is 252 Å². The lowest BCUT2D eigenvalue weighted by atomic mass is 9.84. The summed E-state index contributed by atoms with van der Waals surface area (Å²) in [6.45, 7) is 2.58. The van der Waals surface area contributed by atoms with Crippen molar-refractivity contribution in [1.82, 2.24) is 15.0 Å². The number of aromatic nitrogens is 3. The topological polar surface area (TPSA) is 136 Å². The average molecular weight is 657 g/mol. The molecule has 1 N–H and O–H groups in total. The fourth-order valence-electron chi connectivity index (χ4n) is 5.92. The maximum atomic E-state index is 16.6. The van der Waals surface area contributed by atoms with E-state index in [1.54, 1.807) is 12.1 Å². The van der Waals surface area contributed by atoms with E-state index in [0.717, 1.165) is 4.90 Å². The molecule has 3 atom stereocenters. The zero-order chi connectivity index (χ0) is 31.8. The number of hydrogen-bond acceptors (Lipinski definition) is 9. The first-order valence-corrected chi connectivity index (χ1v) is 15.5. The molecule has 0 bridgehead atoms. The van der Waals surface area contributed by atoms with Gasteiger partial charge in [0.25, 0.3) is 0 Å². The van der Waals surface area contributed by atoms with Crippen LogP contribution in [0.2, 0.25) is 5.02 Å². The largest absolute Gasteiger partial charge is 0.480 e.